The highest BCUT2D eigenvalue weighted by atomic mass is 16.3. The van der Waals surface area contributed by atoms with Gasteiger partial charge in [-0.15, -0.1) is 0 Å². The Balaban J connectivity index is 1.14. The molecule has 0 aliphatic rings. The molecule has 0 amide bonds. The predicted molar refractivity (Wildman–Crippen MR) is 217 cm³/mol. The number of hydrogen-bond acceptors (Lipinski definition) is 4. The van der Waals surface area contributed by atoms with Crippen molar-refractivity contribution in [2.45, 2.75) is 0 Å². The van der Waals surface area contributed by atoms with Crippen LogP contribution in [-0.2, 0) is 0 Å². The van der Waals surface area contributed by atoms with Crippen LogP contribution in [-0.4, -0.2) is 20.0 Å². The number of anilines is 3. The molecule has 0 aliphatic heterocycles. The summed E-state index contributed by atoms with van der Waals surface area (Å²) < 4.78 is 6.46. The highest BCUT2D eigenvalue weighted by molar-refractivity contribution is 6.09. The van der Waals surface area contributed by atoms with Gasteiger partial charge >= 0.3 is 0 Å². The summed E-state index contributed by atoms with van der Waals surface area (Å²) >= 11 is 0. The molecule has 0 radical (unpaired) electrons. The molecule has 0 saturated heterocycles. The monoisotopic (exact) mass is 655 g/mol. The highest BCUT2D eigenvalue weighted by Crippen LogP contribution is 2.41. The average Bonchev–Trinajstić information content (AvgIpc) is 3.54. The zero-order valence-electron chi connectivity index (χ0n) is 28.1. The Bertz CT molecular complexity index is 2650. The van der Waals surface area contributed by atoms with E-state index in [1.807, 2.05) is 12.3 Å². The van der Waals surface area contributed by atoms with Crippen molar-refractivity contribution in [3.05, 3.63) is 169 Å². The summed E-state index contributed by atoms with van der Waals surface area (Å²) in [6.45, 7) is 3.76. The number of fused-ring (bicyclic) bond motifs is 5. The normalized spacial score (nSPS) is 11.6. The number of furan rings is 1. The fourth-order valence-corrected chi connectivity index (χ4v) is 7.13. The Morgan fingerprint density at radius 2 is 1.00 bits per heavy atom. The highest BCUT2D eigenvalue weighted by Gasteiger charge is 2.17. The Labute approximate surface area is 296 Å². The van der Waals surface area contributed by atoms with Crippen LogP contribution in [0.1, 0.15) is 5.56 Å². The van der Waals surface area contributed by atoms with Crippen molar-refractivity contribution in [2.75, 3.05) is 11.9 Å². The van der Waals surface area contributed by atoms with Gasteiger partial charge in [0.1, 0.15) is 11.2 Å². The molecule has 51 heavy (non-hydrogen) atoms. The van der Waals surface area contributed by atoms with Crippen LogP contribution in [0.15, 0.2) is 178 Å². The van der Waals surface area contributed by atoms with Crippen LogP contribution in [0.25, 0.3) is 65.7 Å². The maximum atomic E-state index is 6.46. The summed E-state index contributed by atoms with van der Waals surface area (Å²) in [4.78, 5) is 10.7. The third-order valence-electron chi connectivity index (χ3n) is 9.72. The Morgan fingerprint density at radius 3 is 1.55 bits per heavy atom. The number of nitrogens with zero attached hydrogens (tertiary/aromatic N) is 3. The number of aliphatic imine (C=N–C) groups is 2. The maximum Gasteiger partial charge on any atom is 0.137 e. The Hall–Kier alpha value is -6.78. The molecule has 1 heterocycles. The molecule has 0 aliphatic carbocycles. The quantitative estimate of drug-likeness (QED) is 0.160. The lowest BCUT2D eigenvalue weighted by Gasteiger charge is -2.26. The number of rotatable bonds is 7. The summed E-state index contributed by atoms with van der Waals surface area (Å²) in [5.74, 6) is 0. The molecule has 0 saturated carbocycles. The van der Waals surface area contributed by atoms with Gasteiger partial charge in [-0.3, -0.25) is 9.98 Å². The first-order valence-corrected chi connectivity index (χ1v) is 17.0. The van der Waals surface area contributed by atoms with Crippen LogP contribution >= 0.6 is 0 Å². The first-order valence-electron chi connectivity index (χ1n) is 17.0. The molecule has 0 spiro atoms. The number of benzene rings is 8. The molecule has 4 nitrogen and oxygen atoms in total. The van der Waals surface area contributed by atoms with Gasteiger partial charge in [-0.05, 0) is 105 Å². The average molecular weight is 656 g/mol. The molecule has 4 heteroatoms. The lowest BCUT2D eigenvalue weighted by atomic mass is 10.00. The fraction of sp³-hybridized carbons (Fsp3) is 0.0213. The van der Waals surface area contributed by atoms with Gasteiger partial charge in [-0.25, -0.2) is 0 Å². The van der Waals surface area contributed by atoms with Gasteiger partial charge in [0.15, 0.2) is 0 Å². The van der Waals surface area contributed by atoms with E-state index in [0.717, 1.165) is 50.3 Å². The largest absolute Gasteiger partial charge is 0.456 e. The Kier molecular flexibility index (Phi) is 7.48. The van der Waals surface area contributed by atoms with E-state index in [4.69, 9.17) is 4.42 Å². The van der Waals surface area contributed by atoms with Crippen molar-refractivity contribution < 1.29 is 4.42 Å². The van der Waals surface area contributed by atoms with E-state index in [2.05, 4.69) is 179 Å². The molecule has 0 unspecified atom stereocenters. The molecule has 0 N–H and O–H groups in total. The van der Waals surface area contributed by atoms with Gasteiger partial charge in [0.05, 0.1) is 5.69 Å². The summed E-state index contributed by atoms with van der Waals surface area (Å²) in [5, 5.41) is 7.00. The molecule has 0 atom stereocenters. The van der Waals surface area contributed by atoms with Crippen molar-refractivity contribution in [3.8, 4) is 22.3 Å². The van der Waals surface area contributed by atoms with Crippen LogP contribution in [0.5, 0.6) is 0 Å². The second kappa shape index (κ2) is 12.6. The zero-order chi connectivity index (χ0) is 34.3. The summed E-state index contributed by atoms with van der Waals surface area (Å²) in [7, 11) is 1.76. The third-order valence-corrected chi connectivity index (χ3v) is 9.72. The summed E-state index contributed by atoms with van der Waals surface area (Å²) in [6.07, 6.45) is 1.81. The van der Waals surface area contributed by atoms with Crippen LogP contribution < -0.4 is 4.90 Å². The van der Waals surface area contributed by atoms with Crippen molar-refractivity contribution >= 4 is 79.2 Å². The van der Waals surface area contributed by atoms with Crippen LogP contribution in [0.4, 0.5) is 22.7 Å². The van der Waals surface area contributed by atoms with Crippen molar-refractivity contribution in [1.82, 2.24) is 0 Å². The van der Waals surface area contributed by atoms with Crippen LogP contribution in [0.2, 0.25) is 0 Å². The van der Waals surface area contributed by atoms with E-state index < -0.39 is 0 Å². The summed E-state index contributed by atoms with van der Waals surface area (Å²) in [6, 6.07) is 58.3. The topological polar surface area (TPSA) is 41.1 Å². The van der Waals surface area contributed by atoms with Crippen LogP contribution in [0, 0.1) is 0 Å². The third kappa shape index (κ3) is 5.53. The second-order valence-corrected chi connectivity index (χ2v) is 12.8. The SMILES string of the molecule is C=Nc1cc2oc3cc(N(c4ccc(-c5ccc6ccccc6c5)cc4)c4ccc(-c5ccc6ccccc6c5)cc4)ccc3c2cc1C=NC. The first-order chi connectivity index (χ1) is 25.1. The molecule has 1 aromatic heterocycles. The molecule has 0 bridgehead atoms. The van der Waals surface area contributed by atoms with Crippen molar-refractivity contribution in [1.29, 1.82) is 0 Å². The second-order valence-electron chi connectivity index (χ2n) is 12.8. The smallest absolute Gasteiger partial charge is 0.137 e. The van der Waals surface area contributed by atoms with E-state index in [0.29, 0.717) is 0 Å². The van der Waals surface area contributed by atoms with Crippen molar-refractivity contribution in [3.63, 3.8) is 0 Å². The molecular weight excluding hydrogens is 623 g/mol. The van der Waals surface area contributed by atoms with Gasteiger partial charge in [0.25, 0.3) is 0 Å². The van der Waals surface area contributed by atoms with Gasteiger partial charge in [-0.2, -0.15) is 0 Å². The maximum absolute atomic E-state index is 6.46. The van der Waals surface area contributed by atoms with E-state index in [1.54, 1.807) is 7.05 Å². The van der Waals surface area contributed by atoms with E-state index in [9.17, 15) is 0 Å². The zero-order valence-corrected chi connectivity index (χ0v) is 28.1. The number of hydrogen-bond donors (Lipinski definition) is 0. The van der Waals surface area contributed by atoms with Gasteiger partial charge in [0.2, 0.25) is 0 Å². The van der Waals surface area contributed by atoms with Gasteiger partial charge < -0.3 is 9.32 Å². The van der Waals surface area contributed by atoms with E-state index in [1.165, 1.54) is 43.8 Å². The first kappa shape index (κ1) is 30.3. The van der Waals surface area contributed by atoms with Gasteiger partial charge in [0, 0.05) is 58.8 Å². The van der Waals surface area contributed by atoms with Crippen molar-refractivity contribution in [2.24, 2.45) is 9.98 Å². The lowest BCUT2D eigenvalue weighted by molar-refractivity contribution is 0.669. The molecule has 9 aromatic rings. The van der Waals surface area contributed by atoms with E-state index in [-0.39, 0.29) is 0 Å². The fourth-order valence-electron chi connectivity index (χ4n) is 7.13. The molecular formula is C47H33N3O. The minimum absolute atomic E-state index is 0.743. The summed E-state index contributed by atoms with van der Waals surface area (Å²) in [5.41, 5.74) is 11.0. The van der Waals surface area contributed by atoms with Crippen LogP contribution in [0.3, 0.4) is 0 Å². The minimum Gasteiger partial charge on any atom is -0.456 e. The van der Waals surface area contributed by atoms with E-state index >= 15 is 0 Å². The van der Waals surface area contributed by atoms with Gasteiger partial charge in [-0.1, -0.05) is 97.1 Å². The lowest BCUT2D eigenvalue weighted by Crippen LogP contribution is -2.09. The minimum atomic E-state index is 0.743. The molecule has 8 aromatic carbocycles. The standard InChI is InChI=1S/C47H33N3O/c1-48-30-39-27-44-43-24-23-42(28-46(43)51-47(44)29-45(39)49-2)50(40-19-15-33(16-20-40)37-13-11-31-7-3-5-9-35(31)25-37)41-21-17-34(18-22-41)38-14-12-32-8-4-6-10-36(32)26-38/h3-30H,2H2,1H3. The molecule has 9 rings (SSSR count). The predicted octanol–water partition coefficient (Wildman–Crippen LogP) is 13.1. The Morgan fingerprint density at radius 1 is 0.490 bits per heavy atom. The molecule has 242 valence electrons. The molecule has 0 fully saturated rings.